The number of nitrogens with zero attached hydrogens (tertiary/aromatic N) is 2. The smallest absolute Gasteiger partial charge is 0.0618 e. The maximum absolute atomic E-state index is 2.43. The van der Waals surface area contributed by atoms with Gasteiger partial charge in [-0.05, 0) is 103 Å². The van der Waals surface area contributed by atoms with E-state index >= 15 is 0 Å². The Labute approximate surface area is 324 Å². The van der Waals surface area contributed by atoms with Gasteiger partial charge in [0.1, 0.15) is 0 Å². The molecule has 0 amide bonds. The summed E-state index contributed by atoms with van der Waals surface area (Å²) in [5.74, 6) is 0. The summed E-state index contributed by atoms with van der Waals surface area (Å²) < 4.78 is 2.43. The summed E-state index contributed by atoms with van der Waals surface area (Å²) in [6.45, 7) is 0. The number of aromatic nitrogens is 1. The zero-order valence-electron chi connectivity index (χ0n) is 30.5. The van der Waals surface area contributed by atoms with Gasteiger partial charge in [0, 0.05) is 38.6 Å². The van der Waals surface area contributed by atoms with E-state index in [1.54, 1.807) is 0 Å². The van der Waals surface area contributed by atoms with E-state index in [4.69, 9.17) is 0 Å². The van der Waals surface area contributed by atoms with Gasteiger partial charge in [-0.25, -0.2) is 0 Å². The maximum Gasteiger partial charge on any atom is 0.0618 e. The minimum atomic E-state index is 1.13. The third-order valence-corrected chi connectivity index (χ3v) is 11.9. The summed E-state index contributed by atoms with van der Waals surface area (Å²) in [5.41, 5.74) is 9.60. The molecule has 12 rings (SSSR count). The Hall–Kier alpha value is -7.42. The van der Waals surface area contributed by atoms with Crippen molar-refractivity contribution in [3.05, 3.63) is 206 Å². The average Bonchev–Trinajstić information content (AvgIpc) is 3.60. The molecule has 2 heteroatoms. The third-order valence-electron chi connectivity index (χ3n) is 11.9. The van der Waals surface area contributed by atoms with Crippen LogP contribution in [0, 0.1) is 0 Å². The molecular weight excluding hydrogens is 677 g/mol. The van der Waals surface area contributed by atoms with Crippen molar-refractivity contribution >= 4 is 92.7 Å². The molecule has 0 radical (unpaired) electrons. The van der Waals surface area contributed by atoms with Crippen LogP contribution in [-0.4, -0.2) is 4.57 Å². The second-order valence-corrected chi connectivity index (χ2v) is 14.8. The number of hydrogen-bond donors (Lipinski definition) is 0. The molecule has 0 aliphatic heterocycles. The van der Waals surface area contributed by atoms with Crippen molar-refractivity contribution in [1.82, 2.24) is 4.57 Å². The van der Waals surface area contributed by atoms with Gasteiger partial charge in [-0.1, -0.05) is 158 Å². The first kappa shape index (κ1) is 31.0. The fourth-order valence-electron chi connectivity index (χ4n) is 9.60. The van der Waals surface area contributed by atoms with E-state index in [2.05, 4.69) is 216 Å². The van der Waals surface area contributed by atoms with Crippen LogP contribution in [-0.2, 0) is 0 Å². The lowest BCUT2D eigenvalue weighted by Gasteiger charge is -2.29. The SMILES string of the molecule is c1ccc(N(c2ccccc2)c2c3ccccc3c(-c3ccc4ccc5cc6c(c7ccc3c4c57)c3ccccc3n6-c3ccccc3)c3ccccc23)cc1. The zero-order valence-corrected chi connectivity index (χ0v) is 30.5. The first-order chi connectivity index (χ1) is 27.8. The van der Waals surface area contributed by atoms with Gasteiger partial charge in [-0.3, -0.25) is 0 Å². The normalized spacial score (nSPS) is 11.9. The van der Waals surface area contributed by atoms with E-state index in [9.17, 15) is 0 Å². The molecule has 0 aliphatic rings. The van der Waals surface area contributed by atoms with Crippen LogP contribution < -0.4 is 4.90 Å². The second-order valence-electron chi connectivity index (χ2n) is 14.8. The zero-order chi connectivity index (χ0) is 36.7. The highest BCUT2D eigenvalue weighted by Gasteiger charge is 2.24. The van der Waals surface area contributed by atoms with Gasteiger partial charge < -0.3 is 9.47 Å². The molecule has 56 heavy (non-hydrogen) atoms. The molecule has 2 nitrogen and oxygen atoms in total. The third kappa shape index (κ3) is 4.38. The molecule has 0 saturated heterocycles. The standard InChI is InChI=1S/C54H34N2/c1-4-16-37(17-5-1)55(38-18-6-2-7-19-38)54-44-24-12-10-22-40(44)52(41-23-11-13-25-45(41)54)43-31-30-35-28-29-36-34-49-53(47-33-32-42(43)50(35)51(36)47)46-26-14-15-27-48(46)56(49)39-20-8-3-9-21-39/h1-34H. The molecule has 0 spiro atoms. The van der Waals surface area contributed by atoms with Gasteiger partial charge in [-0.15, -0.1) is 0 Å². The average molecular weight is 711 g/mol. The molecule has 0 N–H and O–H groups in total. The lowest BCUT2D eigenvalue weighted by atomic mass is 9.85. The molecule has 1 aromatic heterocycles. The van der Waals surface area contributed by atoms with Crippen LogP contribution in [0.1, 0.15) is 0 Å². The Bertz CT molecular complexity index is 3360. The Kier molecular flexibility index (Phi) is 6.66. The Morgan fingerprint density at radius 2 is 0.821 bits per heavy atom. The topological polar surface area (TPSA) is 8.17 Å². The van der Waals surface area contributed by atoms with Crippen molar-refractivity contribution in [2.45, 2.75) is 0 Å². The van der Waals surface area contributed by atoms with Crippen LogP contribution >= 0.6 is 0 Å². The number of para-hydroxylation sites is 4. The van der Waals surface area contributed by atoms with E-state index in [1.807, 2.05) is 0 Å². The maximum atomic E-state index is 2.43. The minimum absolute atomic E-state index is 1.13. The van der Waals surface area contributed by atoms with E-state index in [0.717, 1.165) is 11.4 Å². The van der Waals surface area contributed by atoms with Gasteiger partial charge in [0.15, 0.2) is 0 Å². The summed E-state index contributed by atoms with van der Waals surface area (Å²) in [4.78, 5) is 2.43. The van der Waals surface area contributed by atoms with E-state index in [1.165, 1.54) is 98.2 Å². The molecule has 0 saturated carbocycles. The Morgan fingerprint density at radius 1 is 0.321 bits per heavy atom. The lowest BCUT2D eigenvalue weighted by molar-refractivity contribution is 1.18. The van der Waals surface area contributed by atoms with Crippen molar-refractivity contribution in [3.8, 4) is 16.8 Å². The molecule has 0 fully saturated rings. The molecule has 0 atom stereocenters. The van der Waals surface area contributed by atoms with Crippen LogP contribution in [0.2, 0.25) is 0 Å². The highest BCUT2D eigenvalue weighted by atomic mass is 15.1. The number of anilines is 3. The molecule has 260 valence electrons. The van der Waals surface area contributed by atoms with Crippen molar-refractivity contribution in [2.24, 2.45) is 0 Å². The monoisotopic (exact) mass is 710 g/mol. The molecule has 0 aliphatic carbocycles. The number of fused-ring (bicyclic) bond motifs is 6. The summed E-state index contributed by atoms with van der Waals surface area (Å²) in [6.07, 6.45) is 0. The first-order valence-electron chi connectivity index (χ1n) is 19.4. The predicted octanol–water partition coefficient (Wildman–Crippen LogP) is 15.1. The largest absolute Gasteiger partial charge is 0.309 e. The fourth-order valence-corrected chi connectivity index (χ4v) is 9.60. The second kappa shape index (κ2) is 12.0. The molecular formula is C54H34N2. The van der Waals surface area contributed by atoms with Crippen LogP contribution in [0.15, 0.2) is 206 Å². The summed E-state index contributed by atoms with van der Waals surface area (Å²) in [5, 5.41) is 15.2. The van der Waals surface area contributed by atoms with Crippen molar-refractivity contribution in [2.75, 3.05) is 4.90 Å². The van der Waals surface area contributed by atoms with Gasteiger partial charge >= 0.3 is 0 Å². The van der Waals surface area contributed by atoms with E-state index in [-0.39, 0.29) is 0 Å². The van der Waals surface area contributed by atoms with Gasteiger partial charge in [0.25, 0.3) is 0 Å². The summed E-state index contributed by atoms with van der Waals surface area (Å²) >= 11 is 0. The van der Waals surface area contributed by atoms with Gasteiger partial charge in [-0.2, -0.15) is 0 Å². The first-order valence-corrected chi connectivity index (χ1v) is 19.4. The van der Waals surface area contributed by atoms with Crippen LogP contribution in [0.3, 0.4) is 0 Å². The summed E-state index contributed by atoms with van der Waals surface area (Å²) in [6, 6.07) is 75.6. The van der Waals surface area contributed by atoms with Gasteiger partial charge in [0.05, 0.1) is 16.7 Å². The highest BCUT2D eigenvalue weighted by Crippen LogP contribution is 2.51. The highest BCUT2D eigenvalue weighted by molar-refractivity contribution is 6.35. The Morgan fingerprint density at radius 3 is 1.48 bits per heavy atom. The number of benzene rings is 11. The summed E-state index contributed by atoms with van der Waals surface area (Å²) in [7, 11) is 0. The van der Waals surface area contributed by atoms with Crippen LogP contribution in [0.5, 0.6) is 0 Å². The van der Waals surface area contributed by atoms with Crippen molar-refractivity contribution < 1.29 is 0 Å². The Balaban J connectivity index is 1.19. The quantitative estimate of drug-likeness (QED) is 0.128. The molecule has 0 unspecified atom stereocenters. The molecule has 11 aromatic carbocycles. The lowest BCUT2D eigenvalue weighted by Crippen LogP contribution is -2.11. The fraction of sp³-hybridized carbons (Fsp3) is 0. The van der Waals surface area contributed by atoms with E-state index < -0.39 is 0 Å². The number of rotatable bonds is 5. The van der Waals surface area contributed by atoms with Crippen LogP contribution in [0.4, 0.5) is 17.1 Å². The van der Waals surface area contributed by atoms with Gasteiger partial charge in [0.2, 0.25) is 0 Å². The predicted molar refractivity (Wildman–Crippen MR) is 240 cm³/mol. The molecule has 1 heterocycles. The van der Waals surface area contributed by atoms with E-state index in [0.29, 0.717) is 0 Å². The molecule has 12 aromatic rings. The number of hydrogen-bond acceptors (Lipinski definition) is 1. The molecule has 0 bridgehead atoms. The van der Waals surface area contributed by atoms with Crippen molar-refractivity contribution in [3.63, 3.8) is 0 Å². The minimum Gasteiger partial charge on any atom is -0.309 e. The van der Waals surface area contributed by atoms with Crippen LogP contribution in [0.25, 0.3) is 92.5 Å². The van der Waals surface area contributed by atoms with Crippen molar-refractivity contribution in [1.29, 1.82) is 0 Å².